The second-order valence-corrected chi connectivity index (χ2v) is 4.63. The van der Waals surface area contributed by atoms with Gasteiger partial charge >= 0.3 is 5.82 Å². The summed E-state index contributed by atoms with van der Waals surface area (Å²) in [4.78, 5) is 13.7. The van der Waals surface area contributed by atoms with Crippen LogP contribution in [0.25, 0.3) is 0 Å². The molecule has 0 atom stereocenters. The summed E-state index contributed by atoms with van der Waals surface area (Å²) >= 11 is 0. The Morgan fingerprint density at radius 1 is 1.45 bits per heavy atom. The maximum Gasteiger partial charge on any atom is 0.363 e. The van der Waals surface area contributed by atoms with E-state index in [4.69, 9.17) is 9.47 Å². The number of nitrogens with one attached hydrogen (secondary N) is 1. The van der Waals surface area contributed by atoms with Gasteiger partial charge in [-0.15, -0.1) is 0 Å². The highest BCUT2D eigenvalue weighted by atomic mass is 16.6. The summed E-state index contributed by atoms with van der Waals surface area (Å²) in [7, 11) is 0. The van der Waals surface area contributed by atoms with E-state index in [1.165, 1.54) is 12.3 Å². The van der Waals surface area contributed by atoms with Gasteiger partial charge in [-0.05, 0) is 35.2 Å². The fourth-order valence-corrected chi connectivity index (χ4v) is 2.00. The van der Waals surface area contributed by atoms with Crippen molar-refractivity contribution in [3.8, 4) is 0 Å². The molecule has 0 aromatic carbocycles. The van der Waals surface area contributed by atoms with Gasteiger partial charge in [0.2, 0.25) is 0 Å². The minimum absolute atomic E-state index is 0.140. The van der Waals surface area contributed by atoms with Crippen molar-refractivity contribution in [3.05, 3.63) is 28.4 Å². The molecule has 7 nitrogen and oxygen atoms in total. The summed E-state index contributed by atoms with van der Waals surface area (Å²) in [5, 5.41) is 13.6. The van der Waals surface area contributed by atoms with Crippen molar-refractivity contribution < 1.29 is 14.4 Å². The van der Waals surface area contributed by atoms with Gasteiger partial charge in [-0.3, -0.25) is 0 Å². The molecule has 0 amide bonds. The van der Waals surface area contributed by atoms with Gasteiger partial charge < -0.3 is 24.9 Å². The van der Waals surface area contributed by atoms with Crippen LogP contribution in [0.2, 0.25) is 0 Å². The van der Waals surface area contributed by atoms with Crippen LogP contribution in [-0.2, 0) is 9.47 Å². The number of hydrogen-bond donors (Lipinski definition) is 1. The normalized spacial score (nSPS) is 16.0. The number of anilines is 1. The first-order chi connectivity index (χ1) is 9.75. The maximum atomic E-state index is 10.5. The van der Waals surface area contributed by atoms with Gasteiger partial charge in [-0.2, -0.15) is 0 Å². The smallest absolute Gasteiger partial charge is 0.363 e. The quantitative estimate of drug-likeness (QED) is 0.467. The van der Waals surface area contributed by atoms with Gasteiger partial charge in [0.05, 0.1) is 11.8 Å². The highest BCUT2D eigenvalue weighted by molar-refractivity contribution is 5.43. The monoisotopic (exact) mass is 281 g/mol. The average molecular weight is 281 g/mol. The van der Waals surface area contributed by atoms with Crippen LogP contribution >= 0.6 is 0 Å². The molecule has 0 aliphatic carbocycles. The zero-order valence-electron chi connectivity index (χ0n) is 11.3. The number of aromatic nitrogens is 1. The molecule has 0 bridgehead atoms. The van der Waals surface area contributed by atoms with E-state index in [0.717, 1.165) is 44.7 Å². The summed E-state index contributed by atoms with van der Waals surface area (Å²) in [6, 6.07) is 3.05. The molecule has 2 rings (SSSR count). The van der Waals surface area contributed by atoms with E-state index in [1.807, 2.05) is 0 Å². The molecule has 110 valence electrons. The molecule has 20 heavy (non-hydrogen) atoms. The van der Waals surface area contributed by atoms with Crippen LogP contribution in [0.15, 0.2) is 18.3 Å². The summed E-state index contributed by atoms with van der Waals surface area (Å²) < 4.78 is 11.0. The predicted molar refractivity (Wildman–Crippen MR) is 73.8 cm³/mol. The molecule has 7 heteroatoms. The van der Waals surface area contributed by atoms with E-state index < -0.39 is 4.92 Å². The minimum atomic E-state index is -0.508. The molecule has 1 aromatic heterocycles. The maximum absolute atomic E-state index is 10.5. The molecule has 2 heterocycles. The largest absolute Gasteiger partial charge is 0.382 e. The van der Waals surface area contributed by atoms with E-state index in [9.17, 15) is 10.1 Å². The molecule has 1 aliphatic heterocycles. The van der Waals surface area contributed by atoms with E-state index in [0.29, 0.717) is 12.7 Å². The third-order valence-corrected chi connectivity index (χ3v) is 3.11. The number of nitro groups is 1. The second-order valence-electron chi connectivity index (χ2n) is 4.63. The van der Waals surface area contributed by atoms with E-state index in [2.05, 4.69) is 10.3 Å². The summed E-state index contributed by atoms with van der Waals surface area (Å²) in [6.07, 6.45) is 4.62. The molecule has 1 fully saturated rings. The van der Waals surface area contributed by atoms with Gasteiger partial charge in [0, 0.05) is 32.4 Å². The molecule has 0 unspecified atom stereocenters. The van der Waals surface area contributed by atoms with Crippen molar-refractivity contribution in [2.45, 2.75) is 25.4 Å². The second kappa shape index (κ2) is 7.76. The van der Waals surface area contributed by atoms with Crippen LogP contribution in [0.3, 0.4) is 0 Å². The van der Waals surface area contributed by atoms with Crippen molar-refractivity contribution in [1.82, 2.24) is 4.98 Å². The zero-order chi connectivity index (χ0) is 14.2. The van der Waals surface area contributed by atoms with E-state index in [1.54, 1.807) is 6.07 Å². The highest BCUT2D eigenvalue weighted by Gasteiger charge is 2.13. The van der Waals surface area contributed by atoms with Gasteiger partial charge in [0.25, 0.3) is 0 Å². The lowest BCUT2D eigenvalue weighted by Gasteiger charge is -2.22. The van der Waals surface area contributed by atoms with Crippen molar-refractivity contribution in [2.24, 2.45) is 0 Å². The van der Waals surface area contributed by atoms with Gasteiger partial charge in [0.1, 0.15) is 0 Å². The van der Waals surface area contributed by atoms with Gasteiger partial charge in [0.15, 0.2) is 6.20 Å². The Balaban J connectivity index is 1.59. The first-order valence-electron chi connectivity index (χ1n) is 6.79. The molecular weight excluding hydrogens is 262 g/mol. The lowest BCUT2D eigenvalue weighted by Crippen LogP contribution is -2.24. The van der Waals surface area contributed by atoms with Crippen LogP contribution in [-0.4, -0.2) is 42.4 Å². The Morgan fingerprint density at radius 3 is 2.90 bits per heavy atom. The predicted octanol–water partition coefficient (Wildman–Crippen LogP) is 1.99. The molecule has 1 aliphatic rings. The summed E-state index contributed by atoms with van der Waals surface area (Å²) in [5.74, 6) is -0.140. The van der Waals surface area contributed by atoms with Crippen molar-refractivity contribution in [2.75, 3.05) is 31.7 Å². The summed E-state index contributed by atoms with van der Waals surface area (Å²) in [5.41, 5.74) is 0.779. The van der Waals surface area contributed by atoms with Crippen molar-refractivity contribution in [1.29, 1.82) is 0 Å². The number of nitrogens with zero attached hydrogens (tertiary/aromatic N) is 2. The molecule has 0 radical (unpaired) electrons. The van der Waals surface area contributed by atoms with E-state index >= 15 is 0 Å². The molecule has 0 spiro atoms. The third-order valence-electron chi connectivity index (χ3n) is 3.11. The molecule has 0 saturated carbocycles. The van der Waals surface area contributed by atoms with Crippen LogP contribution in [0.4, 0.5) is 11.5 Å². The lowest BCUT2D eigenvalue weighted by atomic mass is 10.1. The third kappa shape index (κ3) is 4.75. The number of rotatable bonds is 7. The number of pyridine rings is 1. The van der Waals surface area contributed by atoms with Crippen LogP contribution in [0.1, 0.15) is 19.3 Å². The fraction of sp³-hybridized carbons (Fsp3) is 0.615. The van der Waals surface area contributed by atoms with Crippen molar-refractivity contribution in [3.63, 3.8) is 0 Å². The SMILES string of the molecule is O=[N+]([O-])c1ccc(NCCCOC2CCOCC2)cn1. The molecule has 1 aromatic rings. The van der Waals surface area contributed by atoms with Crippen LogP contribution in [0, 0.1) is 10.1 Å². The Morgan fingerprint density at radius 2 is 2.25 bits per heavy atom. The molecular formula is C13H19N3O4. The minimum Gasteiger partial charge on any atom is -0.382 e. The number of ether oxygens (including phenoxy) is 2. The average Bonchev–Trinajstić information content (AvgIpc) is 2.48. The lowest BCUT2D eigenvalue weighted by molar-refractivity contribution is -0.389. The molecule has 1 saturated heterocycles. The van der Waals surface area contributed by atoms with Crippen LogP contribution < -0.4 is 5.32 Å². The fourth-order valence-electron chi connectivity index (χ4n) is 2.00. The first-order valence-corrected chi connectivity index (χ1v) is 6.79. The van der Waals surface area contributed by atoms with Crippen LogP contribution in [0.5, 0.6) is 0 Å². The first kappa shape index (κ1) is 14.7. The standard InChI is InChI=1S/C13H19N3O4/c17-16(18)13-3-2-11(10-15-13)14-6-1-7-20-12-4-8-19-9-5-12/h2-3,10,12,14H,1,4-9H2. The van der Waals surface area contributed by atoms with E-state index in [-0.39, 0.29) is 5.82 Å². The Kier molecular flexibility index (Phi) is 5.69. The summed E-state index contributed by atoms with van der Waals surface area (Å²) in [6.45, 7) is 3.04. The molecule has 1 N–H and O–H groups in total. The van der Waals surface area contributed by atoms with Gasteiger partial charge in [-0.1, -0.05) is 0 Å². The Hall–Kier alpha value is -1.73. The number of hydrogen-bond acceptors (Lipinski definition) is 6. The highest BCUT2D eigenvalue weighted by Crippen LogP contribution is 2.12. The Labute approximate surface area is 117 Å². The van der Waals surface area contributed by atoms with Crippen molar-refractivity contribution >= 4 is 11.5 Å². The van der Waals surface area contributed by atoms with Gasteiger partial charge in [-0.25, -0.2) is 0 Å². The Bertz CT molecular complexity index is 418. The topological polar surface area (TPSA) is 86.5 Å². The zero-order valence-corrected chi connectivity index (χ0v) is 11.3.